The Kier molecular flexibility index (Phi) is 0.896. The molecular weight excluding hydrogens is 236 g/mol. The lowest BCUT2D eigenvalue weighted by molar-refractivity contribution is -0.136. The average molecular weight is 252 g/mol. The minimum Gasteiger partial charge on any atom is -0.299 e. The molecule has 2 heteroatoms. The molecule has 0 aromatic heterocycles. The van der Waals surface area contributed by atoms with E-state index in [0.717, 1.165) is 41.4 Å². The third-order valence-electron chi connectivity index (χ3n) is 9.82. The van der Waals surface area contributed by atoms with Crippen LogP contribution in [-0.2, 0) is 9.59 Å². The largest absolute Gasteiger partial charge is 0.299 e. The second kappa shape index (κ2) is 1.98. The van der Waals surface area contributed by atoms with E-state index in [1.165, 1.54) is 6.42 Å². The molecule has 0 saturated heterocycles. The highest BCUT2D eigenvalue weighted by atomic mass is 16.1. The molecule has 0 N–H and O–H groups in total. The summed E-state index contributed by atoms with van der Waals surface area (Å²) in [5.74, 6) is 10.3. The predicted octanol–water partition coefficient (Wildman–Crippen LogP) is 1.25. The molecule has 8 saturated carbocycles. The SMILES string of the molecule is O=C1[C@@H]2[C@@H]3C[C@@H]4[C@@H]5[C@H]6C(=O)[C@H]7[C@@H]8[C@@H]6[C@@H]([C@@H]15)[C@H]2[C@H]8[C@@H]3[C@@H]47. The maximum atomic E-state index is 12.9. The highest BCUT2D eigenvalue weighted by Crippen LogP contribution is 2.89. The summed E-state index contributed by atoms with van der Waals surface area (Å²) in [5.41, 5.74) is 0. The molecule has 8 aliphatic carbocycles. The number of ketones is 2. The maximum Gasteiger partial charge on any atom is 0.140 e. The first kappa shape index (κ1) is 8.59. The van der Waals surface area contributed by atoms with Gasteiger partial charge >= 0.3 is 0 Å². The van der Waals surface area contributed by atoms with Gasteiger partial charge in [0.15, 0.2) is 0 Å². The van der Waals surface area contributed by atoms with Crippen molar-refractivity contribution in [2.45, 2.75) is 6.42 Å². The molecule has 96 valence electrons. The van der Waals surface area contributed by atoms with Gasteiger partial charge in [0.2, 0.25) is 0 Å². The van der Waals surface area contributed by atoms with Gasteiger partial charge in [-0.15, -0.1) is 0 Å². The van der Waals surface area contributed by atoms with E-state index in [1.807, 2.05) is 0 Å². The molecular formula is C17H16O2. The van der Waals surface area contributed by atoms with Crippen LogP contribution in [0.1, 0.15) is 6.42 Å². The molecule has 2 nitrogen and oxygen atoms in total. The summed E-state index contributed by atoms with van der Waals surface area (Å²) in [6.45, 7) is 0. The van der Waals surface area contributed by atoms with Crippen LogP contribution in [0.3, 0.4) is 0 Å². The lowest BCUT2D eigenvalue weighted by atomic mass is 9.63. The number of fused-ring (bicyclic) bond motifs is 3. The van der Waals surface area contributed by atoms with Crippen molar-refractivity contribution in [3.8, 4) is 0 Å². The minimum absolute atomic E-state index is 0.362. The minimum atomic E-state index is 0.362. The van der Waals surface area contributed by atoms with E-state index >= 15 is 0 Å². The molecule has 0 radical (unpaired) electrons. The molecule has 0 amide bonds. The molecule has 0 aliphatic heterocycles. The third-order valence-corrected chi connectivity index (χ3v) is 9.82. The predicted molar refractivity (Wildman–Crippen MR) is 63.5 cm³/mol. The van der Waals surface area contributed by atoms with Crippen LogP contribution in [0.4, 0.5) is 0 Å². The van der Waals surface area contributed by atoms with Crippen molar-refractivity contribution in [2.75, 3.05) is 0 Å². The maximum absolute atomic E-state index is 12.9. The van der Waals surface area contributed by atoms with Crippen molar-refractivity contribution in [2.24, 2.45) is 82.9 Å². The Morgan fingerprint density at radius 1 is 0.526 bits per heavy atom. The van der Waals surface area contributed by atoms with E-state index in [1.54, 1.807) is 0 Å². The van der Waals surface area contributed by atoms with Crippen LogP contribution < -0.4 is 0 Å². The van der Waals surface area contributed by atoms with Gasteiger partial charge in [-0.1, -0.05) is 0 Å². The number of hydrogen-bond donors (Lipinski definition) is 0. The number of Topliss-reactive ketones (excluding diaryl/α,β-unsaturated/α-hetero) is 2. The second-order valence-corrected chi connectivity index (χ2v) is 9.09. The molecule has 8 aliphatic rings. The van der Waals surface area contributed by atoms with Crippen molar-refractivity contribution in [1.82, 2.24) is 0 Å². The number of carbonyl (C=O) groups is 2. The van der Waals surface area contributed by atoms with Gasteiger partial charge in [0.25, 0.3) is 0 Å². The Hall–Kier alpha value is -0.660. The van der Waals surface area contributed by atoms with Crippen LogP contribution in [0.25, 0.3) is 0 Å². The van der Waals surface area contributed by atoms with Gasteiger partial charge in [-0.3, -0.25) is 9.59 Å². The summed E-state index contributed by atoms with van der Waals surface area (Å²) >= 11 is 0. The van der Waals surface area contributed by atoms with E-state index in [-0.39, 0.29) is 0 Å². The van der Waals surface area contributed by atoms with Crippen LogP contribution in [0, 0.1) is 82.9 Å². The average Bonchev–Trinajstić information content (AvgIpc) is 3.08. The second-order valence-electron chi connectivity index (χ2n) is 9.09. The Morgan fingerprint density at radius 3 is 1.89 bits per heavy atom. The highest BCUT2D eigenvalue weighted by Gasteiger charge is 2.90. The van der Waals surface area contributed by atoms with Crippen molar-refractivity contribution in [3.63, 3.8) is 0 Å². The van der Waals surface area contributed by atoms with Crippen molar-refractivity contribution in [3.05, 3.63) is 0 Å². The monoisotopic (exact) mass is 252 g/mol. The van der Waals surface area contributed by atoms with Gasteiger partial charge in [0.05, 0.1) is 0 Å². The fraction of sp³-hybridized carbons (Fsp3) is 0.882. The van der Waals surface area contributed by atoms with Crippen molar-refractivity contribution in [1.29, 1.82) is 0 Å². The van der Waals surface area contributed by atoms with Crippen LogP contribution in [0.15, 0.2) is 0 Å². The molecule has 8 rings (SSSR count). The van der Waals surface area contributed by atoms with Gasteiger partial charge < -0.3 is 0 Å². The molecule has 0 unspecified atom stereocenters. The van der Waals surface area contributed by atoms with Crippen LogP contribution in [0.5, 0.6) is 0 Å². The Bertz CT molecular complexity index is 625. The fourth-order valence-electron chi connectivity index (χ4n) is 10.6. The zero-order valence-electron chi connectivity index (χ0n) is 10.6. The van der Waals surface area contributed by atoms with E-state index in [0.29, 0.717) is 53.0 Å². The highest BCUT2D eigenvalue weighted by molar-refractivity contribution is 5.96. The normalized spacial score (nSPS) is 84.8. The summed E-state index contributed by atoms with van der Waals surface area (Å²) in [6, 6.07) is 0. The standard InChI is InChI=1S/C17H16O2/c18-16-7-3-1-2-5-4(3)8-9(7)11-12-10(8)13(5)17(19)15(12)6(2)14(11)16/h2-15H,1H2/t2-,3+,4-,5+,6-,7+,8+,9+,10-,11-,12+,13+,14-,15+/m0/s1. The van der Waals surface area contributed by atoms with Gasteiger partial charge in [0.1, 0.15) is 11.6 Å². The van der Waals surface area contributed by atoms with Gasteiger partial charge in [-0.05, 0) is 65.6 Å². The van der Waals surface area contributed by atoms with Crippen LogP contribution in [-0.4, -0.2) is 11.6 Å². The molecule has 8 fully saturated rings. The molecule has 6 bridgehead atoms. The van der Waals surface area contributed by atoms with Crippen LogP contribution in [0.2, 0.25) is 0 Å². The lowest BCUT2D eigenvalue weighted by Gasteiger charge is -2.40. The van der Waals surface area contributed by atoms with E-state index in [2.05, 4.69) is 0 Å². The van der Waals surface area contributed by atoms with Crippen molar-refractivity contribution < 1.29 is 9.59 Å². The fourth-order valence-corrected chi connectivity index (χ4v) is 10.6. The van der Waals surface area contributed by atoms with E-state index in [4.69, 9.17) is 0 Å². The van der Waals surface area contributed by atoms with E-state index in [9.17, 15) is 9.59 Å². The molecule has 0 aromatic carbocycles. The molecule has 0 heterocycles. The van der Waals surface area contributed by atoms with Gasteiger partial charge in [0, 0.05) is 23.7 Å². The van der Waals surface area contributed by atoms with Crippen LogP contribution >= 0.6 is 0 Å². The summed E-state index contributed by atoms with van der Waals surface area (Å²) < 4.78 is 0. The zero-order valence-corrected chi connectivity index (χ0v) is 10.6. The third kappa shape index (κ3) is 0.489. The van der Waals surface area contributed by atoms with Crippen molar-refractivity contribution >= 4 is 11.6 Å². The lowest BCUT2D eigenvalue weighted by Crippen LogP contribution is -2.43. The first-order valence-corrected chi connectivity index (χ1v) is 8.38. The summed E-state index contributed by atoms with van der Waals surface area (Å²) in [7, 11) is 0. The summed E-state index contributed by atoms with van der Waals surface area (Å²) in [6.07, 6.45) is 1.34. The smallest absolute Gasteiger partial charge is 0.140 e. The number of carbonyl (C=O) groups excluding carboxylic acids is 2. The topological polar surface area (TPSA) is 34.1 Å². The first-order valence-electron chi connectivity index (χ1n) is 8.38. The Morgan fingerprint density at radius 2 is 1.11 bits per heavy atom. The molecule has 0 aromatic rings. The molecule has 14 atom stereocenters. The summed E-state index contributed by atoms with van der Waals surface area (Å²) in [4.78, 5) is 25.8. The first-order chi connectivity index (χ1) is 9.30. The molecule has 19 heavy (non-hydrogen) atoms. The Labute approximate surface area is 111 Å². The number of rotatable bonds is 0. The van der Waals surface area contributed by atoms with Gasteiger partial charge in [-0.2, -0.15) is 0 Å². The summed E-state index contributed by atoms with van der Waals surface area (Å²) in [5, 5.41) is 0. The van der Waals surface area contributed by atoms with E-state index < -0.39 is 0 Å². The Balaban J connectivity index is 1.62. The molecule has 0 spiro atoms. The quantitative estimate of drug-likeness (QED) is 0.650. The number of hydrogen-bond acceptors (Lipinski definition) is 2. The van der Waals surface area contributed by atoms with Gasteiger partial charge in [-0.25, -0.2) is 0 Å². The zero-order chi connectivity index (χ0) is 11.9.